The maximum atomic E-state index is 11.6. The normalized spacial score (nSPS) is 36.1. The number of primary amides is 1. The first-order chi connectivity index (χ1) is 7.83. The van der Waals surface area contributed by atoms with Crippen LogP contribution in [-0.4, -0.2) is 50.6 Å². The van der Waals surface area contributed by atoms with E-state index >= 15 is 0 Å². The molecular weight excluding hydrogens is 246 g/mol. The molecule has 2 bridgehead atoms. The Hall–Kier alpha value is -1.00. The molecule has 2 heterocycles. The first kappa shape index (κ1) is 12.5. The summed E-state index contributed by atoms with van der Waals surface area (Å²) in [5, 5.41) is 8.01. The highest BCUT2D eigenvalue weighted by Crippen LogP contribution is 2.25. The molecule has 2 aliphatic heterocycles. The van der Waals surface area contributed by atoms with Crippen LogP contribution in [0.5, 0.6) is 0 Å². The summed E-state index contributed by atoms with van der Waals surface area (Å²) >= 11 is 0. The Morgan fingerprint density at radius 1 is 1.65 bits per heavy atom. The third kappa shape index (κ3) is 2.33. The summed E-state index contributed by atoms with van der Waals surface area (Å²) < 4.78 is 23.9. The minimum atomic E-state index is -3.85. The van der Waals surface area contributed by atoms with Gasteiger partial charge in [-0.25, -0.2) is 5.14 Å². The Morgan fingerprint density at radius 2 is 2.35 bits per heavy atom. The van der Waals surface area contributed by atoms with Gasteiger partial charge in [0.25, 0.3) is 10.2 Å². The molecule has 17 heavy (non-hydrogen) atoms. The molecule has 3 unspecified atom stereocenters. The van der Waals surface area contributed by atoms with Crippen molar-refractivity contribution < 1.29 is 13.2 Å². The Kier molecular flexibility index (Phi) is 2.96. The van der Waals surface area contributed by atoms with Crippen molar-refractivity contribution in [3.63, 3.8) is 0 Å². The number of fused-ring (bicyclic) bond motifs is 2. The SMILES string of the molecule is NC(=O)C1(CNS(N)(=O)=O)C=CC2CN1CN2. The topological polar surface area (TPSA) is 131 Å². The molecule has 1 fully saturated rings. The maximum Gasteiger partial charge on any atom is 0.274 e. The molecule has 0 aliphatic carbocycles. The van der Waals surface area contributed by atoms with Crippen LogP contribution in [0, 0.1) is 0 Å². The van der Waals surface area contributed by atoms with Crippen molar-refractivity contribution in [2.45, 2.75) is 11.6 Å². The van der Waals surface area contributed by atoms with E-state index < -0.39 is 21.7 Å². The molecule has 3 atom stereocenters. The van der Waals surface area contributed by atoms with Gasteiger partial charge in [0.2, 0.25) is 5.91 Å². The van der Waals surface area contributed by atoms with Gasteiger partial charge in [0.1, 0.15) is 5.54 Å². The molecule has 2 rings (SSSR count). The summed E-state index contributed by atoms with van der Waals surface area (Å²) in [6, 6.07) is 0.178. The average Bonchev–Trinajstić information content (AvgIpc) is 2.60. The lowest BCUT2D eigenvalue weighted by Crippen LogP contribution is -2.63. The van der Waals surface area contributed by atoms with Crippen molar-refractivity contribution in [3.8, 4) is 0 Å². The van der Waals surface area contributed by atoms with Crippen LogP contribution in [0.1, 0.15) is 0 Å². The van der Waals surface area contributed by atoms with E-state index in [9.17, 15) is 13.2 Å². The summed E-state index contributed by atoms with van der Waals surface area (Å²) in [7, 11) is -3.85. The van der Waals surface area contributed by atoms with Gasteiger partial charge in [-0.05, 0) is 0 Å². The largest absolute Gasteiger partial charge is 0.368 e. The highest BCUT2D eigenvalue weighted by atomic mass is 32.2. The number of carbonyl (C=O) groups excluding carboxylic acids is 1. The Labute approximate surface area is 99.2 Å². The molecule has 0 aromatic heterocycles. The maximum absolute atomic E-state index is 11.6. The van der Waals surface area contributed by atoms with Crippen molar-refractivity contribution in [1.82, 2.24) is 14.9 Å². The van der Waals surface area contributed by atoms with E-state index in [4.69, 9.17) is 10.9 Å². The number of nitrogens with one attached hydrogen (secondary N) is 2. The van der Waals surface area contributed by atoms with Gasteiger partial charge in [-0.1, -0.05) is 12.2 Å². The van der Waals surface area contributed by atoms with Gasteiger partial charge < -0.3 is 5.73 Å². The molecule has 1 saturated heterocycles. The second kappa shape index (κ2) is 4.03. The molecule has 2 aliphatic rings. The molecular formula is C8H15N5O3S. The second-order valence-corrected chi connectivity index (χ2v) is 5.58. The fraction of sp³-hybridized carbons (Fsp3) is 0.625. The first-order valence-corrected chi connectivity index (χ1v) is 6.63. The van der Waals surface area contributed by atoms with Crippen LogP contribution in [0.25, 0.3) is 0 Å². The monoisotopic (exact) mass is 261 g/mol. The summed E-state index contributed by atoms with van der Waals surface area (Å²) in [6.45, 7) is 0.935. The molecule has 8 nitrogen and oxygen atoms in total. The summed E-state index contributed by atoms with van der Waals surface area (Å²) in [6.07, 6.45) is 3.45. The van der Waals surface area contributed by atoms with Crippen LogP contribution < -0.4 is 20.9 Å². The number of carbonyl (C=O) groups is 1. The molecule has 9 heteroatoms. The van der Waals surface area contributed by atoms with Gasteiger partial charge in [-0.15, -0.1) is 0 Å². The standard InChI is InChI=1S/C8H15N5O3S/c9-7(14)8(4-12-17(10,15)16)2-1-6-3-13(8)5-11-6/h1-2,6,11-12H,3-5H2,(H2,9,14)(H2,10,15,16). The van der Waals surface area contributed by atoms with E-state index in [-0.39, 0.29) is 12.6 Å². The van der Waals surface area contributed by atoms with E-state index in [1.54, 1.807) is 11.0 Å². The third-order valence-electron chi connectivity index (χ3n) is 3.10. The number of nitrogens with zero attached hydrogens (tertiary/aromatic N) is 1. The predicted molar refractivity (Wildman–Crippen MR) is 60.7 cm³/mol. The van der Waals surface area contributed by atoms with Crippen molar-refractivity contribution in [3.05, 3.63) is 12.2 Å². The number of amides is 1. The lowest BCUT2D eigenvalue weighted by molar-refractivity contribution is -0.126. The van der Waals surface area contributed by atoms with E-state index in [1.807, 2.05) is 6.08 Å². The van der Waals surface area contributed by atoms with E-state index in [0.29, 0.717) is 13.2 Å². The van der Waals surface area contributed by atoms with E-state index in [0.717, 1.165) is 0 Å². The average molecular weight is 261 g/mol. The van der Waals surface area contributed by atoms with Crippen LogP contribution in [0.2, 0.25) is 0 Å². The molecule has 0 spiro atoms. The Balaban J connectivity index is 2.24. The third-order valence-corrected chi connectivity index (χ3v) is 3.65. The van der Waals surface area contributed by atoms with E-state index in [2.05, 4.69) is 10.0 Å². The van der Waals surface area contributed by atoms with Crippen LogP contribution in [0.3, 0.4) is 0 Å². The Morgan fingerprint density at radius 3 is 2.94 bits per heavy atom. The summed E-state index contributed by atoms with van der Waals surface area (Å²) in [4.78, 5) is 13.4. The highest BCUT2D eigenvalue weighted by molar-refractivity contribution is 7.87. The van der Waals surface area contributed by atoms with Crippen molar-refractivity contribution >= 4 is 16.1 Å². The van der Waals surface area contributed by atoms with Crippen molar-refractivity contribution in [1.29, 1.82) is 0 Å². The van der Waals surface area contributed by atoms with Gasteiger partial charge in [0.05, 0.1) is 0 Å². The minimum Gasteiger partial charge on any atom is -0.368 e. The van der Waals surface area contributed by atoms with Gasteiger partial charge in [0, 0.05) is 25.8 Å². The zero-order valence-corrected chi connectivity index (χ0v) is 9.90. The molecule has 6 N–H and O–H groups in total. The minimum absolute atomic E-state index is 0.161. The summed E-state index contributed by atoms with van der Waals surface area (Å²) in [5.74, 6) is -0.605. The van der Waals surface area contributed by atoms with Crippen LogP contribution in [0.4, 0.5) is 0 Å². The number of rotatable bonds is 4. The van der Waals surface area contributed by atoms with Gasteiger partial charge in [-0.3, -0.25) is 15.0 Å². The molecule has 0 radical (unpaired) electrons. The highest BCUT2D eigenvalue weighted by Gasteiger charge is 2.46. The predicted octanol–water partition coefficient (Wildman–Crippen LogP) is -3.20. The molecule has 1 amide bonds. The molecule has 0 saturated carbocycles. The lowest BCUT2D eigenvalue weighted by Gasteiger charge is -2.37. The smallest absolute Gasteiger partial charge is 0.274 e. The molecule has 0 aromatic rings. The van der Waals surface area contributed by atoms with Gasteiger partial charge in [0.15, 0.2) is 0 Å². The van der Waals surface area contributed by atoms with Crippen LogP contribution in [-0.2, 0) is 15.0 Å². The first-order valence-electron chi connectivity index (χ1n) is 5.08. The molecule has 96 valence electrons. The van der Waals surface area contributed by atoms with Gasteiger partial charge in [-0.2, -0.15) is 13.1 Å². The van der Waals surface area contributed by atoms with Crippen molar-refractivity contribution in [2.24, 2.45) is 10.9 Å². The fourth-order valence-electron chi connectivity index (χ4n) is 2.11. The lowest BCUT2D eigenvalue weighted by atomic mass is 9.92. The Bertz CT molecular complexity index is 462. The zero-order valence-electron chi connectivity index (χ0n) is 9.09. The van der Waals surface area contributed by atoms with Crippen LogP contribution >= 0.6 is 0 Å². The number of hydrogen-bond donors (Lipinski definition) is 4. The quantitative estimate of drug-likeness (QED) is 0.396. The fourth-order valence-corrected chi connectivity index (χ4v) is 2.54. The second-order valence-electron chi connectivity index (χ2n) is 4.20. The zero-order chi connectivity index (χ0) is 12.7. The van der Waals surface area contributed by atoms with E-state index in [1.165, 1.54) is 0 Å². The summed E-state index contributed by atoms with van der Waals surface area (Å²) in [5.41, 5.74) is 4.23. The number of hydrogen-bond acceptors (Lipinski definition) is 5. The van der Waals surface area contributed by atoms with Crippen LogP contribution in [0.15, 0.2) is 12.2 Å². The molecule has 0 aromatic carbocycles. The van der Waals surface area contributed by atoms with Crippen molar-refractivity contribution in [2.75, 3.05) is 19.8 Å². The number of nitrogens with two attached hydrogens (primary N) is 2. The van der Waals surface area contributed by atoms with Gasteiger partial charge >= 0.3 is 0 Å².